The van der Waals surface area contributed by atoms with Crippen LogP contribution in [0.1, 0.15) is 27.0 Å². The Morgan fingerprint density at radius 3 is 2.58 bits per heavy atom. The summed E-state index contributed by atoms with van der Waals surface area (Å²) in [6.07, 6.45) is -4.43. The average Bonchev–Trinajstić information content (AvgIpc) is 2.73. The van der Waals surface area contributed by atoms with Gasteiger partial charge in [0, 0.05) is 6.20 Å². The maximum absolute atomic E-state index is 12.1. The van der Waals surface area contributed by atoms with Crippen molar-refractivity contribution < 1.29 is 29.6 Å². The highest BCUT2D eigenvalue weighted by Gasteiger charge is 2.43. The topological polar surface area (TPSA) is 143 Å². The van der Waals surface area contributed by atoms with E-state index in [-0.39, 0.29) is 5.82 Å². The number of rotatable bonds is 3. The molecule has 134 valence electrons. The molecule has 0 bridgehead atoms. The van der Waals surface area contributed by atoms with E-state index in [0.29, 0.717) is 0 Å². The fraction of sp³-hybridized carbons (Fsp3) is 0.643. The quantitative estimate of drug-likeness (QED) is 0.559. The van der Waals surface area contributed by atoms with Gasteiger partial charge in [-0.15, -0.1) is 0 Å². The maximum atomic E-state index is 12.1. The lowest BCUT2D eigenvalue weighted by Gasteiger charge is -2.20. The van der Waals surface area contributed by atoms with E-state index in [1.54, 1.807) is 20.8 Å². The number of carbonyl (C=O) groups excluding carboxylic acids is 1. The first-order chi connectivity index (χ1) is 11.1. The highest BCUT2D eigenvalue weighted by molar-refractivity contribution is 5.83. The summed E-state index contributed by atoms with van der Waals surface area (Å²) in [6, 6.07) is 1.32. The van der Waals surface area contributed by atoms with Crippen LogP contribution in [0.15, 0.2) is 17.1 Å². The molecule has 2 rings (SSSR count). The van der Waals surface area contributed by atoms with Gasteiger partial charge in [0.15, 0.2) is 6.23 Å². The van der Waals surface area contributed by atoms with Gasteiger partial charge in [-0.3, -0.25) is 9.88 Å². The summed E-state index contributed by atoms with van der Waals surface area (Å²) < 4.78 is 11.3. The second kappa shape index (κ2) is 6.85. The molecular formula is C14H21N3O7. The van der Waals surface area contributed by atoms with Gasteiger partial charge in [0.1, 0.15) is 29.7 Å². The van der Waals surface area contributed by atoms with Crippen LogP contribution in [0.2, 0.25) is 0 Å². The van der Waals surface area contributed by atoms with E-state index in [0.717, 1.165) is 4.57 Å². The van der Waals surface area contributed by atoms with Crippen LogP contribution in [0.4, 0.5) is 10.6 Å². The molecular weight excluding hydrogens is 322 g/mol. The number of ether oxygens (including phenoxy) is 2. The van der Waals surface area contributed by atoms with Gasteiger partial charge >= 0.3 is 11.8 Å². The number of hydrogen-bond donors (Lipinski definition) is 4. The lowest BCUT2D eigenvalue weighted by Crippen LogP contribution is -2.36. The third-order valence-electron chi connectivity index (χ3n) is 3.25. The number of amides is 1. The molecule has 1 saturated heterocycles. The van der Waals surface area contributed by atoms with Crippen molar-refractivity contribution in [2.75, 3.05) is 11.9 Å². The molecule has 0 radical (unpaired) electrons. The molecule has 4 N–H and O–H groups in total. The molecule has 0 unspecified atom stereocenters. The molecule has 1 aliphatic heterocycles. The van der Waals surface area contributed by atoms with E-state index >= 15 is 0 Å². The second-order valence-electron chi connectivity index (χ2n) is 6.36. The van der Waals surface area contributed by atoms with Crippen LogP contribution < -0.4 is 11.0 Å². The smallest absolute Gasteiger partial charge is 0.413 e. The van der Waals surface area contributed by atoms with Crippen molar-refractivity contribution in [3.8, 4) is 0 Å². The van der Waals surface area contributed by atoms with Gasteiger partial charge in [-0.05, 0) is 26.8 Å². The number of nitrogens with one attached hydrogen (secondary N) is 1. The van der Waals surface area contributed by atoms with Crippen molar-refractivity contribution in [3.05, 3.63) is 22.7 Å². The molecule has 0 saturated carbocycles. The van der Waals surface area contributed by atoms with E-state index in [1.807, 2.05) is 0 Å². The third-order valence-corrected chi connectivity index (χ3v) is 3.25. The average molecular weight is 343 g/mol. The van der Waals surface area contributed by atoms with Gasteiger partial charge in [0.2, 0.25) is 0 Å². The zero-order chi connectivity index (χ0) is 18.1. The van der Waals surface area contributed by atoms with Gasteiger partial charge < -0.3 is 24.8 Å². The number of aliphatic hydroxyl groups is 3. The summed E-state index contributed by atoms with van der Waals surface area (Å²) in [5.41, 5.74) is -1.51. The third kappa shape index (κ3) is 4.09. The molecule has 10 heteroatoms. The number of nitrogens with zero attached hydrogens (tertiary/aromatic N) is 2. The zero-order valence-electron chi connectivity index (χ0n) is 13.5. The number of aromatic nitrogens is 2. The summed E-state index contributed by atoms with van der Waals surface area (Å²) in [5.74, 6) is -0.0303. The fourth-order valence-corrected chi connectivity index (χ4v) is 2.19. The van der Waals surface area contributed by atoms with Crippen molar-refractivity contribution in [2.24, 2.45) is 0 Å². The van der Waals surface area contributed by atoms with Crippen LogP contribution in [0.3, 0.4) is 0 Å². The Hall–Kier alpha value is -2.01. The molecule has 0 aliphatic carbocycles. The van der Waals surface area contributed by atoms with Crippen molar-refractivity contribution in [3.63, 3.8) is 0 Å². The molecule has 1 amide bonds. The van der Waals surface area contributed by atoms with Crippen molar-refractivity contribution in [1.29, 1.82) is 0 Å². The van der Waals surface area contributed by atoms with E-state index in [1.165, 1.54) is 12.3 Å². The SMILES string of the molecule is CC(C)(C)OC(=O)Nc1ccn([C@@H]2O[C@H](CO)[C@@H](O)[C@@H]2O)c(=O)n1. The van der Waals surface area contributed by atoms with Crippen LogP contribution >= 0.6 is 0 Å². The molecule has 1 aromatic heterocycles. The lowest BCUT2D eigenvalue weighted by atomic mass is 10.1. The summed E-state index contributed by atoms with van der Waals surface area (Å²) in [7, 11) is 0. The van der Waals surface area contributed by atoms with Gasteiger partial charge in [0.05, 0.1) is 6.61 Å². The Morgan fingerprint density at radius 2 is 2.08 bits per heavy atom. The standard InChI is InChI=1S/C14H21N3O7/c1-14(2,3)24-13(22)16-8-4-5-17(12(21)15-8)11-10(20)9(19)7(6-18)23-11/h4-5,7,9-11,18-20H,6H2,1-3H3,(H,15,16,21,22)/t7-,9-,10+,11-/m1/s1. The second-order valence-corrected chi connectivity index (χ2v) is 6.36. The van der Waals surface area contributed by atoms with Crippen LogP contribution in [0, 0.1) is 0 Å². The number of anilines is 1. The van der Waals surface area contributed by atoms with E-state index in [9.17, 15) is 19.8 Å². The van der Waals surface area contributed by atoms with Gasteiger partial charge in [-0.25, -0.2) is 9.59 Å². The first kappa shape index (κ1) is 18.3. The number of carbonyl (C=O) groups is 1. The molecule has 10 nitrogen and oxygen atoms in total. The minimum absolute atomic E-state index is 0.0303. The number of aliphatic hydroxyl groups excluding tert-OH is 3. The van der Waals surface area contributed by atoms with Gasteiger partial charge in [0.25, 0.3) is 0 Å². The van der Waals surface area contributed by atoms with Gasteiger partial charge in [-0.1, -0.05) is 0 Å². The summed E-state index contributed by atoms with van der Waals surface area (Å²) in [5, 5.41) is 31.0. The number of hydrogen-bond acceptors (Lipinski definition) is 8. The molecule has 2 heterocycles. The Balaban J connectivity index is 2.13. The van der Waals surface area contributed by atoms with Gasteiger partial charge in [-0.2, -0.15) is 4.98 Å². The normalized spacial score (nSPS) is 27.1. The maximum Gasteiger partial charge on any atom is 0.413 e. The Bertz CT molecular complexity index is 655. The van der Waals surface area contributed by atoms with Crippen LogP contribution in [0.25, 0.3) is 0 Å². The van der Waals surface area contributed by atoms with Crippen molar-refractivity contribution in [1.82, 2.24) is 9.55 Å². The lowest BCUT2D eigenvalue weighted by molar-refractivity contribution is -0.0549. The van der Waals surface area contributed by atoms with E-state index in [4.69, 9.17) is 14.6 Å². The first-order valence-corrected chi connectivity index (χ1v) is 7.34. The summed E-state index contributed by atoms with van der Waals surface area (Å²) in [6.45, 7) is 4.58. The molecule has 0 spiro atoms. The summed E-state index contributed by atoms with van der Waals surface area (Å²) in [4.78, 5) is 27.4. The molecule has 4 atom stereocenters. The Morgan fingerprint density at radius 1 is 1.42 bits per heavy atom. The zero-order valence-corrected chi connectivity index (χ0v) is 13.5. The minimum atomic E-state index is -1.40. The summed E-state index contributed by atoms with van der Waals surface area (Å²) >= 11 is 0. The molecule has 1 aliphatic rings. The highest BCUT2D eigenvalue weighted by atomic mass is 16.6. The van der Waals surface area contributed by atoms with Crippen molar-refractivity contribution in [2.45, 2.75) is 50.9 Å². The fourth-order valence-electron chi connectivity index (χ4n) is 2.19. The molecule has 1 fully saturated rings. The monoisotopic (exact) mass is 343 g/mol. The van der Waals surface area contributed by atoms with E-state index in [2.05, 4.69) is 10.3 Å². The van der Waals surface area contributed by atoms with E-state index < -0.39 is 48.5 Å². The van der Waals surface area contributed by atoms with Crippen LogP contribution in [0.5, 0.6) is 0 Å². The molecule has 1 aromatic rings. The Labute approximate surface area is 137 Å². The van der Waals surface area contributed by atoms with Crippen molar-refractivity contribution >= 4 is 11.9 Å². The minimum Gasteiger partial charge on any atom is -0.444 e. The largest absolute Gasteiger partial charge is 0.444 e. The molecule has 24 heavy (non-hydrogen) atoms. The van der Waals surface area contributed by atoms with Crippen LogP contribution in [-0.2, 0) is 9.47 Å². The predicted molar refractivity (Wildman–Crippen MR) is 81.4 cm³/mol. The Kier molecular flexibility index (Phi) is 5.23. The molecule has 0 aromatic carbocycles. The first-order valence-electron chi connectivity index (χ1n) is 7.34. The highest BCUT2D eigenvalue weighted by Crippen LogP contribution is 2.28. The van der Waals surface area contributed by atoms with Crippen LogP contribution in [-0.4, -0.2) is 61.5 Å². The predicted octanol–water partition coefficient (Wildman–Crippen LogP) is -0.798.